The predicted molar refractivity (Wildman–Crippen MR) is 91.0 cm³/mol. The zero-order valence-corrected chi connectivity index (χ0v) is 14.5. The first-order valence-electron chi connectivity index (χ1n) is 8.17. The van der Waals surface area contributed by atoms with Crippen molar-refractivity contribution >= 4 is 18.2 Å². The Labute approximate surface area is 142 Å². The van der Waals surface area contributed by atoms with E-state index in [1.165, 1.54) is 0 Å². The minimum atomic E-state index is -1.13. The summed E-state index contributed by atoms with van der Waals surface area (Å²) in [4.78, 5) is 39.2. The van der Waals surface area contributed by atoms with Gasteiger partial charge in [-0.05, 0) is 26.3 Å². The minimum Gasteiger partial charge on any atom is -0.351 e. The number of hydrogen-bond acceptors (Lipinski definition) is 3. The summed E-state index contributed by atoms with van der Waals surface area (Å²) < 4.78 is 0. The van der Waals surface area contributed by atoms with Crippen LogP contribution in [0.4, 0.5) is 0 Å². The first-order chi connectivity index (χ1) is 11.3. The third kappa shape index (κ3) is 4.13. The fraction of sp³-hybridized carbons (Fsp3) is 0.500. The molecule has 0 aromatic heterocycles. The van der Waals surface area contributed by atoms with Crippen LogP contribution in [0.5, 0.6) is 0 Å². The molecule has 0 bridgehead atoms. The Morgan fingerprint density at radius 1 is 1.21 bits per heavy atom. The summed E-state index contributed by atoms with van der Waals surface area (Å²) in [6, 6.07) is 7.89. The zero-order valence-electron chi connectivity index (χ0n) is 14.5. The van der Waals surface area contributed by atoms with Crippen LogP contribution in [0.2, 0.25) is 0 Å². The van der Waals surface area contributed by atoms with Gasteiger partial charge >= 0.3 is 0 Å². The largest absolute Gasteiger partial charge is 0.351 e. The van der Waals surface area contributed by atoms with Gasteiger partial charge in [-0.2, -0.15) is 0 Å². The molecule has 0 saturated carbocycles. The second-order valence-electron chi connectivity index (χ2n) is 6.73. The molecule has 1 fully saturated rings. The summed E-state index contributed by atoms with van der Waals surface area (Å²) in [6.07, 6.45) is 0.793. The number of carbonyl (C=O) groups excluding carboxylic acids is 3. The molecule has 6 heteroatoms. The Balaban J connectivity index is 1.94. The van der Waals surface area contributed by atoms with Crippen molar-refractivity contribution in [3.8, 4) is 0 Å². The standard InChI is InChI=1S/C18H25N3O3/c1-14-5-4-6-15(11-14)12-19-16(23)18(2,3)17(24)21-9-7-20(13-22)8-10-21/h4-6,11,13H,7-10,12H2,1-3H3,(H,19,23). The van der Waals surface area contributed by atoms with E-state index in [4.69, 9.17) is 0 Å². The monoisotopic (exact) mass is 331 g/mol. The third-order valence-corrected chi connectivity index (χ3v) is 4.39. The lowest BCUT2D eigenvalue weighted by molar-refractivity contribution is -0.150. The van der Waals surface area contributed by atoms with Crippen LogP contribution in [0.25, 0.3) is 0 Å². The average Bonchev–Trinajstić information content (AvgIpc) is 2.59. The van der Waals surface area contributed by atoms with Crippen LogP contribution in [0.3, 0.4) is 0 Å². The molecule has 24 heavy (non-hydrogen) atoms. The molecule has 1 aromatic carbocycles. The highest BCUT2D eigenvalue weighted by Gasteiger charge is 2.39. The smallest absolute Gasteiger partial charge is 0.237 e. The highest BCUT2D eigenvalue weighted by atomic mass is 16.2. The van der Waals surface area contributed by atoms with Crippen LogP contribution >= 0.6 is 0 Å². The molecule has 130 valence electrons. The van der Waals surface area contributed by atoms with Crippen molar-refractivity contribution in [2.24, 2.45) is 5.41 Å². The Kier molecular flexibility index (Phi) is 5.59. The lowest BCUT2D eigenvalue weighted by atomic mass is 9.90. The molecule has 2 rings (SSSR count). The van der Waals surface area contributed by atoms with Gasteiger partial charge in [-0.1, -0.05) is 29.8 Å². The summed E-state index contributed by atoms with van der Waals surface area (Å²) in [5.74, 6) is -0.485. The number of carbonyl (C=O) groups is 3. The second kappa shape index (κ2) is 7.47. The molecule has 1 aliphatic rings. The highest BCUT2D eigenvalue weighted by Crippen LogP contribution is 2.20. The lowest BCUT2D eigenvalue weighted by Gasteiger charge is -2.36. The van der Waals surface area contributed by atoms with E-state index in [1.54, 1.807) is 23.6 Å². The number of nitrogens with zero attached hydrogens (tertiary/aromatic N) is 2. The molecule has 6 nitrogen and oxygen atoms in total. The van der Waals surface area contributed by atoms with E-state index in [1.807, 2.05) is 31.2 Å². The van der Waals surface area contributed by atoms with Crippen LogP contribution in [0.1, 0.15) is 25.0 Å². The van der Waals surface area contributed by atoms with Gasteiger partial charge in [0.25, 0.3) is 0 Å². The van der Waals surface area contributed by atoms with E-state index in [0.717, 1.165) is 17.5 Å². The summed E-state index contributed by atoms with van der Waals surface area (Å²) in [5, 5.41) is 2.85. The molecule has 0 unspecified atom stereocenters. The van der Waals surface area contributed by atoms with E-state index < -0.39 is 5.41 Å². The second-order valence-corrected chi connectivity index (χ2v) is 6.73. The summed E-state index contributed by atoms with van der Waals surface area (Å²) >= 11 is 0. The van der Waals surface area contributed by atoms with Crippen molar-refractivity contribution in [3.63, 3.8) is 0 Å². The molecule has 0 atom stereocenters. The molecule has 3 amide bonds. The van der Waals surface area contributed by atoms with Crippen LogP contribution < -0.4 is 5.32 Å². The quantitative estimate of drug-likeness (QED) is 0.645. The predicted octanol–water partition coefficient (Wildman–Crippen LogP) is 0.938. The fourth-order valence-corrected chi connectivity index (χ4v) is 2.75. The van der Waals surface area contributed by atoms with Gasteiger partial charge in [0.15, 0.2) is 0 Å². The average molecular weight is 331 g/mol. The first kappa shape index (κ1) is 18.0. The normalized spacial score (nSPS) is 15.1. The van der Waals surface area contributed by atoms with Crippen molar-refractivity contribution in [3.05, 3.63) is 35.4 Å². The molecule has 1 aromatic rings. The van der Waals surface area contributed by atoms with E-state index >= 15 is 0 Å². The van der Waals surface area contributed by atoms with Gasteiger partial charge in [-0.15, -0.1) is 0 Å². The topological polar surface area (TPSA) is 69.7 Å². The van der Waals surface area contributed by atoms with E-state index in [9.17, 15) is 14.4 Å². The van der Waals surface area contributed by atoms with Gasteiger partial charge in [0.05, 0.1) is 0 Å². The molecule has 1 N–H and O–H groups in total. The van der Waals surface area contributed by atoms with Gasteiger partial charge in [0, 0.05) is 32.7 Å². The number of piperazine rings is 1. The molecule has 0 radical (unpaired) electrons. The molecule has 0 spiro atoms. The maximum Gasteiger partial charge on any atom is 0.237 e. The summed E-state index contributed by atoms with van der Waals surface area (Å²) in [6.45, 7) is 7.64. The van der Waals surface area contributed by atoms with E-state index in [2.05, 4.69) is 5.32 Å². The van der Waals surface area contributed by atoms with Crippen LogP contribution in [0.15, 0.2) is 24.3 Å². The molecule has 1 aliphatic heterocycles. The van der Waals surface area contributed by atoms with Gasteiger partial charge < -0.3 is 15.1 Å². The maximum absolute atomic E-state index is 12.7. The number of benzene rings is 1. The van der Waals surface area contributed by atoms with Crippen molar-refractivity contribution in [1.82, 2.24) is 15.1 Å². The van der Waals surface area contributed by atoms with Crippen molar-refractivity contribution < 1.29 is 14.4 Å². The summed E-state index contributed by atoms with van der Waals surface area (Å²) in [7, 11) is 0. The van der Waals surface area contributed by atoms with Crippen LogP contribution in [0, 0.1) is 12.3 Å². The Morgan fingerprint density at radius 3 is 2.46 bits per heavy atom. The molecular weight excluding hydrogens is 306 g/mol. The maximum atomic E-state index is 12.7. The SMILES string of the molecule is Cc1cccc(CNC(=O)C(C)(C)C(=O)N2CCN(C=O)CC2)c1. The molecule has 0 aliphatic carbocycles. The molecular formula is C18H25N3O3. The Morgan fingerprint density at radius 2 is 1.88 bits per heavy atom. The Bertz CT molecular complexity index is 620. The van der Waals surface area contributed by atoms with Gasteiger partial charge in [0.1, 0.15) is 5.41 Å². The first-order valence-corrected chi connectivity index (χ1v) is 8.17. The number of hydrogen-bond donors (Lipinski definition) is 1. The lowest BCUT2D eigenvalue weighted by Crippen LogP contribution is -2.55. The fourth-order valence-electron chi connectivity index (χ4n) is 2.75. The van der Waals surface area contributed by atoms with Crippen LogP contribution in [-0.4, -0.2) is 54.2 Å². The zero-order chi connectivity index (χ0) is 17.7. The van der Waals surface area contributed by atoms with Gasteiger partial charge in [-0.25, -0.2) is 0 Å². The van der Waals surface area contributed by atoms with Crippen LogP contribution in [-0.2, 0) is 20.9 Å². The minimum absolute atomic E-state index is 0.199. The van der Waals surface area contributed by atoms with E-state index in [-0.39, 0.29) is 11.8 Å². The number of amides is 3. The third-order valence-electron chi connectivity index (χ3n) is 4.39. The number of nitrogens with one attached hydrogen (secondary N) is 1. The number of aryl methyl sites for hydroxylation is 1. The van der Waals surface area contributed by atoms with Crippen molar-refractivity contribution in [2.45, 2.75) is 27.3 Å². The van der Waals surface area contributed by atoms with Crippen molar-refractivity contribution in [2.75, 3.05) is 26.2 Å². The van der Waals surface area contributed by atoms with Gasteiger partial charge in [0.2, 0.25) is 18.2 Å². The highest BCUT2D eigenvalue weighted by molar-refractivity contribution is 6.04. The Hall–Kier alpha value is -2.37. The molecule has 1 saturated heterocycles. The summed E-state index contributed by atoms with van der Waals surface area (Å²) in [5.41, 5.74) is 1.00. The van der Waals surface area contributed by atoms with Gasteiger partial charge in [-0.3, -0.25) is 14.4 Å². The molecule has 1 heterocycles. The van der Waals surface area contributed by atoms with Crippen molar-refractivity contribution in [1.29, 1.82) is 0 Å². The number of rotatable bonds is 5. The van der Waals surface area contributed by atoms with E-state index in [0.29, 0.717) is 32.7 Å².